The lowest BCUT2D eigenvalue weighted by Crippen LogP contribution is -2.43. The van der Waals surface area contributed by atoms with E-state index >= 15 is 0 Å². The number of thiazole rings is 1. The number of ether oxygens (including phenoxy) is 2. The molecule has 0 aromatic carbocycles. The van der Waals surface area contributed by atoms with E-state index < -0.39 is 0 Å². The Kier molecular flexibility index (Phi) is 8.74. The molecule has 2 saturated heterocycles. The topological polar surface area (TPSA) is 99.8 Å². The summed E-state index contributed by atoms with van der Waals surface area (Å²) in [5, 5.41) is 5.64. The molecule has 4 rings (SSSR count). The van der Waals surface area contributed by atoms with Gasteiger partial charge in [-0.2, -0.15) is 0 Å². The quantitative estimate of drug-likeness (QED) is 0.396. The largest absolute Gasteiger partial charge is 0.495 e. The van der Waals surface area contributed by atoms with Crippen LogP contribution in [-0.4, -0.2) is 84.6 Å². The number of morpholine rings is 1. The maximum absolute atomic E-state index is 12.6. The van der Waals surface area contributed by atoms with Crippen molar-refractivity contribution in [1.29, 1.82) is 0 Å². The molecule has 0 saturated carbocycles. The predicted molar refractivity (Wildman–Crippen MR) is 140 cm³/mol. The van der Waals surface area contributed by atoms with Gasteiger partial charge in [-0.15, -0.1) is 11.3 Å². The van der Waals surface area contributed by atoms with Crippen molar-refractivity contribution in [3.8, 4) is 11.3 Å². The molecule has 0 unspecified atom stereocenters. The minimum atomic E-state index is -0.135. The zero-order valence-electron chi connectivity index (χ0n) is 20.8. The van der Waals surface area contributed by atoms with E-state index in [1.807, 2.05) is 40.4 Å². The summed E-state index contributed by atoms with van der Waals surface area (Å²) in [6.07, 6.45) is 7.62. The Hall–Kier alpha value is -3.21. The minimum Gasteiger partial charge on any atom is -0.495 e. The van der Waals surface area contributed by atoms with E-state index in [0.29, 0.717) is 36.9 Å². The average Bonchev–Trinajstić information content (AvgIpc) is 3.66. The first-order chi connectivity index (χ1) is 17.4. The van der Waals surface area contributed by atoms with Gasteiger partial charge >= 0.3 is 0 Å². The minimum absolute atomic E-state index is 0.0415. The molecule has 0 spiro atoms. The van der Waals surface area contributed by atoms with Crippen LogP contribution < -0.4 is 5.32 Å². The van der Waals surface area contributed by atoms with Crippen molar-refractivity contribution < 1.29 is 19.1 Å². The number of amides is 2. The molecule has 2 amide bonds. The average molecular weight is 512 g/mol. The second-order valence-electron chi connectivity index (χ2n) is 8.84. The van der Waals surface area contributed by atoms with Crippen LogP contribution >= 0.6 is 11.3 Å². The Morgan fingerprint density at radius 2 is 2.00 bits per heavy atom. The van der Waals surface area contributed by atoms with E-state index in [-0.39, 0.29) is 11.8 Å². The zero-order valence-corrected chi connectivity index (χ0v) is 21.7. The van der Waals surface area contributed by atoms with Crippen LogP contribution in [0.25, 0.3) is 16.8 Å². The van der Waals surface area contributed by atoms with Gasteiger partial charge in [0.2, 0.25) is 5.91 Å². The summed E-state index contributed by atoms with van der Waals surface area (Å²) < 4.78 is 10.8. The number of nitrogens with one attached hydrogen (secondary N) is 2. The summed E-state index contributed by atoms with van der Waals surface area (Å²) in [6, 6.07) is 1.87. The Morgan fingerprint density at radius 3 is 2.72 bits per heavy atom. The maximum atomic E-state index is 12.6. The van der Waals surface area contributed by atoms with Crippen molar-refractivity contribution in [2.75, 3.05) is 53.0 Å². The number of allylic oxidation sites excluding steroid dienone is 3. The normalized spacial score (nSPS) is 17.3. The second-order valence-corrected chi connectivity index (χ2v) is 9.70. The van der Waals surface area contributed by atoms with E-state index in [1.54, 1.807) is 13.2 Å². The maximum Gasteiger partial charge on any atom is 0.270 e. The number of rotatable bonds is 9. The third-order valence-corrected chi connectivity index (χ3v) is 7.18. The van der Waals surface area contributed by atoms with Gasteiger partial charge in [0, 0.05) is 43.3 Å². The summed E-state index contributed by atoms with van der Waals surface area (Å²) in [7, 11) is 1.54. The molecule has 192 valence electrons. The highest BCUT2D eigenvalue weighted by atomic mass is 32.1. The van der Waals surface area contributed by atoms with Crippen LogP contribution in [-0.2, 0) is 14.3 Å². The van der Waals surface area contributed by atoms with Crippen molar-refractivity contribution in [3.05, 3.63) is 58.5 Å². The van der Waals surface area contributed by atoms with Crippen LogP contribution in [0.15, 0.2) is 47.8 Å². The van der Waals surface area contributed by atoms with Gasteiger partial charge in [0.25, 0.3) is 5.91 Å². The third-order valence-electron chi connectivity index (χ3n) is 6.21. The molecule has 2 aliphatic rings. The summed E-state index contributed by atoms with van der Waals surface area (Å²) >= 11 is 1.53. The molecule has 2 fully saturated rings. The van der Waals surface area contributed by atoms with Crippen LogP contribution in [0.4, 0.5) is 0 Å². The van der Waals surface area contributed by atoms with Crippen LogP contribution in [0.3, 0.4) is 0 Å². The van der Waals surface area contributed by atoms with Gasteiger partial charge in [0.15, 0.2) is 0 Å². The van der Waals surface area contributed by atoms with Crippen LogP contribution in [0.1, 0.15) is 35.3 Å². The Morgan fingerprint density at radius 1 is 1.25 bits per heavy atom. The Balaban J connectivity index is 1.37. The smallest absolute Gasteiger partial charge is 0.270 e. The van der Waals surface area contributed by atoms with Crippen LogP contribution in [0.5, 0.6) is 0 Å². The predicted octanol–water partition coefficient (Wildman–Crippen LogP) is 3.27. The molecule has 2 N–H and O–H groups in total. The zero-order chi connectivity index (χ0) is 25.5. The first-order valence-electron chi connectivity index (χ1n) is 12.1. The van der Waals surface area contributed by atoms with Gasteiger partial charge in [-0.1, -0.05) is 12.7 Å². The number of methoxy groups -OCH3 is 1. The number of aromatic amines is 1. The molecule has 0 aliphatic carbocycles. The number of hydrogen-bond donors (Lipinski definition) is 2. The van der Waals surface area contributed by atoms with Crippen LogP contribution in [0, 0.1) is 0 Å². The summed E-state index contributed by atoms with van der Waals surface area (Å²) in [6.45, 7) is 10.6. The van der Waals surface area contributed by atoms with Crippen molar-refractivity contribution in [2.45, 2.75) is 19.8 Å². The molecule has 4 heterocycles. The SMILES string of the molecule is C=C(NC(=O)CN1CCOCC1)C(=CC=C(C)c1nc(-c2c[nH]c(C(=O)N3CCCC3)c2)cs1)OC. The number of carbonyl (C=O) groups is 2. The Labute approximate surface area is 215 Å². The molecule has 0 bridgehead atoms. The van der Waals surface area contributed by atoms with E-state index in [4.69, 9.17) is 14.5 Å². The molecular weight excluding hydrogens is 478 g/mol. The van der Waals surface area contributed by atoms with Gasteiger partial charge in [0.05, 0.1) is 38.3 Å². The van der Waals surface area contributed by atoms with E-state index in [0.717, 1.165) is 60.9 Å². The lowest BCUT2D eigenvalue weighted by molar-refractivity contribution is -0.122. The number of H-pyrrole nitrogens is 1. The Bertz CT molecular complexity index is 1150. The number of hydrogen-bond acceptors (Lipinski definition) is 7. The third kappa shape index (κ3) is 6.51. The highest BCUT2D eigenvalue weighted by molar-refractivity contribution is 7.11. The molecule has 36 heavy (non-hydrogen) atoms. The number of carbonyl (C=O) groups excluding carboxylic acids is 2. The number of likely N-dealkylation sites (tertiary alicyclic amines) is 1. The monoisotopic (exact) mass is 511 g/mol. The number of aromatic nitrogens is 2. The highest BCUT2D eigenvalue weighted by Gasteiger charge is 2.21. The fourth-order valence-corrected chi connectivity index (χ4v) is 4.96. The molecule has 0 atom stereocenters. The molecule has 10 heteroatoms. The molecule has 0 radical (unpaired) electrons. The van der Waals surface area contributed by atoms with E-state index in [2.05, 4.69) is 16.9 Å². The summed E-state index contributed by atoms with van der Waals surface area (Å²) in [5.41, 5.74) is 3.64. The highest BCUT2D eigenvalue weighted by Crippen LogP contribution is 2.27. The van der Waals surface area contributed by atoms with Crippen molar-refractivity contribution in [3.63, 3.8) is 0 Å². The van der Waals surface area contributed by atoms with E-state index in [9.17, 15) is 9.59 Å². The molecular formula is C26H33N5O4S. The molecule has 2 aliphatic heterocycles. The summed E-state index contributed by atoms with van der Waals surface area (Å²) in [4.78, 5) is 36.7. The van der Waals surface area contributed by atoms with Crippen molar-refractivity contribution in [2.24, 2.45) is 0 Å². The summed E-state index contributed by atoms with van der Waals surface area (Å²) in [5.74, 6) is 0.376. The molecule has 9 nitrogen and oxygen atoms in total. The number of nitrogens with zero attached hydrogens (tertiary/aromatic N) is 3. The van der Waals surface area contributed by atoms with Gasteiger partial charge in [-0.25, -0.2) is 4.98 Å². The van der Waals surface area contributed by atoms with Gasteiger partial charge < -0.3 is 24.7 Å². The van der Waals surface area contributed by atoms with Gasteiger partial charge in [-0.05, 0) is 37.5 Å². The first kappa shape index (κ1) is 25.9. The fraction of sp³-hybridized carbons (Fsp3) is 0.423. The van der Waals surface area contributed by atoms with E-state index in [1.165, 1.54) is 11.3 Å². The molecule has 2 aromatic rings. The lowest BCUT2D eigenvalue weighted by atomic mass is 10.2. The standard InChI is InChI=1S/C26H33N5O4S/c1-18(6-7-23(34-3)19(2)28-24(32)16-30-10-12-35-13-11-30)25-29-22(17-36-25)20-14-21(27-15-20)26(33)31-8-4-5-9-31/h6-7,14-15,17,27H,2,4-5,8-13,16H2,1,3H3,(H,28,32). The first-order valence-corrected chi connectivity index (χ1v) is 13.0. The second kappa shape index (κ2) is 12.2. The van der Waals surface area contributed by atoms with Crippen molar-refractivity contribution in [1.82, 2.24) is 25.1 Å². The van der Waals surface area contributed by atoms with Crippen molar-refractivity contribution >= 4 is 28.7 Å². The molecule has 2 aromatic heterocycles. The van der Waals surface area contributed by atoms with Crippen LogP contribution in [0.2, 0.25) is 0 Å². The van der Waals surface area contributed by atoms with Gasteiger partial charge in [0.1, 0.15) is 16.5 Å². The fourth-order valence-electron chi connectivity index (χ4n) is 4.14. The lowest BCUT2D eigenvalue weighted by Gasteiger charge is -2.26. The van der Waals surface area contributed by atoms with Gasteiger partial charge in [-0.3, -0.25) is 14.5 Å².